The van der Waals surface area contributed by atoms with Crippen molar-refractivity contribution < 1.29 is 5.11 Å². The van der Waals surface area contributed by atoms with Gasteiger partial charge in [0, 0.05) is 17.1 Å². The summed E-state index contributed by atoms with van der Waals surface area (Å²) in [6.45, 7) is 0. The Balaban J connectivity index is 2.36. The minimum absolute atomic E-state index is 0.0273. The van der Waals surface area contributed by atoms with Crippen LogP contribution in [0.25, 0.3) is 22.2 Å². The summed E-state index contributed by atoms with van der Waals surface area (Å²) in [6, 6.07) is 8.92. The van der Waals surface area contributed by atoms with E-state index in [1.54, 1.807) is 24.4 Å². The Kier molecular flexibility index (Phi) is 2.77. The molecule has 0 aliphatic heterocycles. The van der Waals surface area contributed by atoms with E-state index in [4.69, 9.17) is 11.5 Å². The van der Waals surface area contributed by atoms with Crippen LogP contribution in [-0.4, -0.2) is 20.1 Å². The van der Waals surface area contributed by atoms with Crippen molar-refractivity contribution in [2.24, 2.45) is 0 Å². The fourth-order valence-corrected chi connectivity index (χ4v) is 2.12. The highest BCUT2D eigenvalue weighted by Gasteiger charge is 2.17. The van der Waals surface area contributed by atoms with Gasteiger partial charge in [0.25, 0.3) is 0 Å². The molecular weight excluding hydrogens is 268 g/mol. The Labute approximate surface area is 119 Å². The summed E-state index contributed by atoms with van der Waals surface area (Å²) in [5, 5.41) is 20.4. The second-order valence-electron chi connectivity index (χ2n) is 4.34. The fraction of sp³-hybridized carbons (Fsp3) is 0. The summed E-state index contributed by atoms with van der Waals surface area (Å²) >= 11 is 0. The second kappa shape index (κ2) is 4.61. The number of phenolic OH excluding ortho intramolecular Hbond substituents is 1. The van der Waals surface area contributed by atoms with Gasteiger partial charge in [-0.15, -0.1) is 0 Å². The summed E-state index contributed by atoms with van der Waals surface area (Å²) in [4.78, 5) is 11.9. The van der Waals surface area contributed by atoms with Crippen molar-refractivity contribution in [1.82, 2.24) is 15.0 Å². The lowest BCUT2D eigenvalue weighted by Gasteiger charge is -2.09. The van der Waals surface area contributed by atoms with E-state index in [9.17, 15) is 10.4 Å². The van der Waals surface area contributed by atoms with Crippen LogP contribution in [-0.2, 0) is 0 Å². The molecule has 1 aromatic carbocycles. The number of nitrogen functional groups attached to an aromatic ring is 2. The number of phenols is 1. The molecular formula is C14H10N6O. The molecule has 0 amide bonds. The third-order valence-corrected chi connectivity index (χ3v) is 3.07. The number of fused-ring (bicyclic) bond motifs is 1. The molecule has 2 heterocycles. The molecule has 0 aliphatic carbocycles. The highest BCUT2D eigenvalue weighted by molar-refractivity contribution is 5.92. The van der Waals surface area contributed by atoms with Crippen LogP contribution >= 0.6 is 0 Å². The van der Waals surface area contributed by atoms with Crippen LogP contribution < -0.4 is 11.5 Å². The minimum Gasteiger partial charge on any atom is -0.505 e. The third kappa shape index (κ3) is 1.95. The molecule has 0 spiro atoms. The van der Waals surface area contributed by atoms with Crippen molar-refractivity contribution in [2.45, 2.75) is 0 Å². The van der Waals surface area contributed by atoms with Crippen LogP contribution in [0, 0.1) is 11.3 Å². The zero-order chi connectivity index (χ0) is 15.0. The Morgan fingerprint density at radius 1 is 1.14 bits per heavy atom. The first-order chi connectivity index (χ1) is 10.1. The Morgan fingerprint density at radius 2 is 1.95 bits per heavy atom. The molecule has 0 fully saturated rings. The predicted octanol–water partition coefficient (Wildman–Crippen LogP) is 1.43. The van der Waals surface area contributed by atoms with Crippen LogP contribution in [0.15, 0.2) is 30.5 Å². The smallest absolute Gasteiger partial charge is 0.222 e. The van der Waals surface area contributed by atoms with Crippen LogP contribution in [0.1, 0.15) is 5.56 Å². The lowest BCUT2D eigenvalue weighted by Crippen LogP contribution is -2.05. The lowest BCUT2D eigenvalue weighted by molar-refractivity contribution is 0.482. The molecule has 0 atom stereocenters. The maximum atomic E-state index is 10.4. The van der Waals surface area contributed by atoms with Crippen molar-refractivity contribution in [3.8, 4) is 23.1 Å². The van der Waals surface area contributed by atoms with Crippen molar-refractivity contribution >= 4 is 22.7 Å². The second-order valence-corrected chi connectivity index (χ2v) is 4.34. The summed E-state index contributed by atoms with van der Waals surface area (Å²) in [7, 11) is 0. The van der Waals surface area contributed by atoms with Gasteiger partial charge in [0.2, 0.25) is 5.95 Å². The third-order valence-electron chi connectivity index (χ3n) is 3.07. The molecule has 7 nitrogen and oxygen atoms in total. The molecule has 0 saturated carbocycles. The van der Waals surface area contributed by atoms with Gasteiger partial charge >= 0.3 is 0 Å². The van der Waals surface area contributed by atoms with Gasteiger partial charge < -0.3 is 16.6 Å². The van der Waals surface area contributed by atoms with Crippen LogP contribution in [0.4, 0.5) is 11.8 Å². The van der Waals surface area contributed by atoms with Crippen molar-refractivity contribution in [3.63, 3.8) is 0 Å². The Hall–Kier alpha value is -3.40. The maximum absolute atomic E-state index is 10.4. The molecule has 0 aliphatic rings. The average Bonchev–Trinajstić information content (AvgIpc) is 2.47. The number of nitriles is 1. The number of hydrogen-bond donors (Lipinski definition) is 3. The van der Waals surface area contributed by atoms with Gasteiger partial charge in [0.15, 0.2) is 5.75 Å². The fourth-order valence-electron chi connectivity index (χ4n) is 2.12. The molecule has 5 N–H and O–H groups in total. The lowest BCUT2D eigenvalue weighted by atomic mass is 10.0. The summed E-state index contributed by atoms with van der Waals surface area (Å²) in [6.07, 6.45) is 1.57. The van der Waals surface area contributed by atoms with E-state index in [1.165, 1.54) is 0 Å². The van der Waals surface area contributed by atoms with Gasteiger partial charge in [0.05, 0.1) is 5.69 Å². The molecule has 0 saturated heterocycles. The van der Waals surface area contributed by atoms with Crippen LogP contribution in [0.3, 0.4) is 0 Å². The van der Waals surface area contributed by atoms with E-state index in [-0.39, 0.29) is 28.8 Å². The highest BCUT2D eigenvalue weighted by Crippen LogP contribution is 2.36. The molecule has 7 heteroatoms. The van der Waals surface area contributed by atoms with E-state index in [1.807, 2.05) is 12.1 Å². The molecule has 21 heavy (non-hydrogen) atoms. The van der Waals surface area contributed by atoms with E-state index in [2.05, 4.69) is 15.0 Å². The number of pyridine rings is 1. The average molecular weight is 278 g/mol. The number of hydrogen-bond acceptors (Lipinski definition) is 7. The maximum Gasteiger partial charge on any atom is 0.222 e. The van der Waals surface area contributed by atoms with Gasteiger partial charge in [-0.2, -0.15) is 10.2 Å². The molecule has 102 valence electrons. The van der Waals surface area contributed by atoms with Crippen molar-refractivity contribution in [2.75, 3.05) is 11.5 Å². The van der Waals surface area contributed by atoms with E-state index in [0.29, 0.717) is 11.1 Å². The molecule has 3 rings (SSSR count). The molecule has 2 aromatic heterocycles. The zero-order valence-electron chi connectivity index (χ0n) is 10.8. The summed E-state index contributed by atoms with van der Waals surface area (Å²) < 4.78 is 0. The van der Waals surface area contributed by atoms with Gasteiger partial charge in [-0.1, -0.05) is 12.1 Å². The quantitative estimate of drug-likeness (QED) is 0.612. The SMILES string of the molecule is N#Cc1c(N)nc(N)nc1-c1ccc2cccnc2c1O. The zero-order valence-corrected chi connectivity index (χ0v) is 10.8. The first-order valence-electron chi connectivity index (χ1n) is 6.02. The van der Waals surface area contributed by atoms with Crippen LogP contribution in [0.5, 0.6) is 5.75 Å². The van der Waals surface area contributed by atoms with Gasteiger partial charge in [-0.25, -0.2) is 4.98 Å². The molecule has 3 aromatic rings. The summed E-state index contributed by atoms with van der Waals surface area (Å²) in [5.41, 5.74) is 12.3. The van der Waals surface area contributed by atoms with Gasteiger partial charge in [-0.3, -0.25) is 4.98 Å². The monoisotopic (exact) mass is 278 g/mol. The number of nitrogens with two attached hydrogens (primary N) is 2. The Morgan fingerprint density at radius 3 is 2.71 bits per heavy atom. The number of aromatic hydroxyl groups is 1. The van der Waals surface area contributed by atoms with Crippen molar-refractivity contribution in [3.05, 3.63) is 36.0 Å². The topological polar surface area (TPSA) is 135 Å². The first kappa shape index (κ1) is 12.6. The normalized spacial score (nSPS) is 10.4. The van der Waals surface area contributed by atoms with E-state index < -0.39 is 0 Å². The highest BCUT2D eigenvalue weighted by atomic mass is 16.3. The molecule has 0 bridgehead atoms. The van der Waals surface area contributed by atoms with E-state index in [0.717, 1.165) is 5.39 Å². The predicted molar refractivity (Wildman–Crippen MR) is 78.0 cm³/mol. The number of benzene rings is 1. The van der Waals surface area contributed by atoms with Crippen molar-refractivity contribution in [1.29, 1.82) is 5.26 Å². The summed E-state index contributed by atoms with van der Waals surface area (Å²) in [5.74, 6) is -0.176. The minimum atomic E-state index is -0.0814. The Bertz CT molecular complexity index is 900. The first-order valence-corrected chi connectivity index (χ1v) is 6.02. The molecule has 0 radical (unpaired) electrons. The van der Waals surface area contributed by atoms with Gasteiger partial charge in [0.1, 0.15) is 23.0 Å². The number of nitrogens with zero attached hydrogens (tertiary/aromatic N) is 4. The standard InChI is InChI=1S/C14H10N6O/c15-6-9-11(19-14(17)20-13(9)16)8-4-3-7-2-1-5-18-10(7)12(8)21/h1-5,21H,(H4,16,17,19,20). The van der Waals surface area contributed by atoms with Gasteiger partial charge in [-0.05, 0) is 12.1 Å². The molecule has 0 unspecified atom stereocenters. The van der Waals surface area contributed by atoms with Crippen LogP contribution in [0.2, 0.25) is 0 Å². The number of rotatable bonds is 1. The number of anilines is 2. The largest absolute Gasteiger partial charge is 0.505 e. The number of aromatic nitrogens is 3. The van der Waals surface area contributed by atoms with E-state index >= 15 is 0 Å².